The van der Waals surface area contributed by atoms with E-state index in [-0.39, 0.29) is 24.5 Å². The summed E-state index contributed by atoms with van der Waals surface area (Å²) < 4.78 is 25.9. The molecule has 0 saturated carbocycles. The Morgan fingerprint density at radius 3 is 2.41 bits per heavy atom. The molecule has 22 heavy (non-hydrogen) atoms. The zero-order valence-corrected chi connectivity index (χ0v) is 13.3. The minimum Gasteiger partial charge on any atom is -0.352 e. The lowest BCUT2D eigenvalue weighted by molar-refractivity contribution is -0.121. The smallest absolute Gasteiger partial charge is 0.239 e. The van der Waals surface area contributed by atoms with Gasteiger partial charge in [-0.25, -0.2) is 8.78 Å². The van der Waals surface area contributed by atoms with Gasteiger partial charge in [-0.3, -0.25) is 9.79 Å². The van der Waals surface area contributed by atoms with Crippen molar-refractivity contribution in [2.75, 3.05) is 13.6 Å². The number of benzene rings is 1. The van der Waals surface area contributed by atoms with Crippen molar-refractivity contribution in [3.05, 3.63) is 35.4 Å². The van der Waals surface area contributed by atoms with E-state index in [1.54, 1.807) is 7.05 Å². The number of rotatable bonds is 4. The van der Waals surface area contributed by atoms with Crippen LogP contribution < -0.4 is 16.0 Å². The Morgan fingerprint density at radius 1 is 1.18 bits per heavy atom. The van der Waals surface area contributed by atoms with E-state index in [0.717, 1.165) is 12.1 Å². The third kappa shape index (κ3) is 6.51. The van der Waals surface area contributed by atoms with Gasteiger partial charge >= 0.3 is 0 Å². The van der Waals surface area contributed by atoms with Crippen LogP contribution in [0.3, 0.4) is 0 Å². The fourth-order valence-electron chi connectivity index (χ4n) is 1.68. The molecule has 1 rings (SSSR count). The Hall–Kier alpha value is -2.18. The molecule has 0 aliphatic heterocycles. The lowest BCUT2D eigenvalue weighted by Gasteiger charge is -2.21. The molecular formula is C15H22F2N4O. The Bertz CT molecular complexity index is 553. The standard InChI is InChI=1S/C15H22F2N4O/c1-15(2,3)21-13(22)9-20-14(18-4)19-8-10-5-6-11(16)12(17)7-10/h5-7H,8-9H2,1-4H3,(H,21,22)(H2,18,19,20). The second kappa shape index (κ2) is 7.72. The van der Waals surface area contributed by atoms with Gasteiger partial charge in [-0.2, -0.15) is 0 Å². The Labute approximate surface area is 129 Å². The topological polar surface area (TPSA) is 65.5 Å². The Balaban J connectivity index is 2.46. The minimum absolute atomic E-state index is 0.0642. The zero-order valence-electron chi connectivity index (χ0n) is 13.3. The summed E-state index contributed by atoms with van der Waals surface area (Å²) in [7, 11) is 1.56. The number of carbonyl (C=O) groups is 1. The summed E-state index contributed by atoms with van der Waals surface area (Å²) in [5.74, 6) is -1.55. The second-order valence-electron chi connectivity index (χ2n) is 5.83. The fourth-order valence-corrected chi connectivity index (χ4v) is 1.68. The number of carbonyl (C=O) groups excluding carboxylic acids is 1. The first-order valence-corrected chi connectivity index (χ1v) is 6.91. The molecule has 0 fully saturated rings. The van der Waals surface area contributed by atoms with Crippen molar-refractivity contribution in [1.29, 1.82) is 0 Å². The molecule has 0 saturated heterocycles. The summed E-state index contributed by atoms with van der Waals surface area (Å²) in [6.07, 6.45) is 0. The van der Waals surface area contributed by atoms with Crippen molar-refractivity contribution in [2.45, 2.75) is 32.9 Å². The molecule has 0 spiro atoms. The third-order valence-electron chi connectivity index (χ3n) is 2.60. The molecule has 122 valence electrons. The molecule has 0 radical (unpaired) electrons. The van der Waals surface area contributed by atoms with E-state index in [2.05, 4.69) is 20.9 Å². The van der Waals surface area contributed by atoms with Crippen LogP contribution in [0.25, 0.3) is 0 Å². The molecule has 0 atom stereocenters. The van der Waals surface area contributed by atoms with Crippen LogP contribution in [0.4, 0.5) is 8.78 Å². The normalized spacial score (nSPS) is 12.0. The highest BCUT2D eigenvalue weighted by molar-refractivity contribution is 5.86. The molecule has 7 heteroatoms. The van der Waals surface area contributed by atoms with E-state index in [1.165, 1.54) is 6.07 Å². The SMILES string of the molecule is CN=C(NCC(=O)NC(C)(C)C)NCc1ccc(F)c(F)c1. The molecule has 1 amide bonds. The summed E-state index contributed by atoms with van der Waals surface area (Å²) in [6, 6.07) is 3.66. The Morgan fingerprint density at radius 2 is 1.86 bits per heavy atom. The highest BCUT2D eigenvalue weighted by Gasteiger charge is 2.13. The molecule has 0 aromatic heterocycles. The van der Waals surface area contributed by atoms with Gasteiger partial charge in [0, 0.05) is 19.1 Å². The first kappa shape index (κ1) is 17.9. The fraction of sp³-hybridized carbons (Fsp3) is 0.467. The minimum atomic E-state index is -0.896. The predicted octanol–water partition coefficient (Wildman–Crippen LogP) is 1.54. The molecule has 0 unspecified atom stereocenters. The van der Waals surface area contributed by atoms with Crippen LogP contribution in [0.15, 0.2) is 23.2 Å². The summed E-state index contributed by atoms with van der Waals surface area (Å²) in [5, 5.41) is 8.58. The predicted molar refractivity (Wildman–Crippen MR) is 82.5 cm³/mol. The first-order chi connectivity index (χ1) is 10.2. The van der Waals surface area contributed by atoms with E-state index < -0.39 is 11.6 Å². The molecule has 3 N–H and O–H groups in total. The van der Waals surface area contributed by atoms with E-state index in [4.69, 9.17) is 0 Å². The lowest BCUT2D eigenvalue weighted by atomic mass is 10.1. The average Bonchev–Trinajstić information content (AvgIpc) is 2.41. The van der Waals surface area contributed by atoms with Crippen molar-refractivity contribution in [1.82, 2.24) is 16.0 Å². The maximum atomic E-state index is 13.1. The van der Waals surface area contributed by atoms with Gasteiger partial charge in [-0.05, 0) is 38.5 Å². The number of aliphatic imine (C=N–C) groups is 1. The van der Waals surface area contributed by atoms with Crippen molar-refractivity contribution in [3.8, 4) is 0 Å². The van der Waals surface area contributed by atoms with Gasteiger partial charge < -0.3 is 16.0 Å². The molecule has 0 bridgehead atoms. The van der Waals surface area contributed by atoms with E-state index >= 15 is 0 Å². The van der Waals surface area contributed by atoms with Crippen LogP contribution in [-0.2, 0) is 11.3 Å². The van der Waals surface area contributed by atoms with Crippen LogP contribution in [0.5, 0.6) is 0 Å². The van der Waals surface area contributed by atoms with Crippen LogP contribution in [0.1, 0.15) is 26.3 Å². The summed E-state index contributed by atoms with van der Waals surface area (Å²) >= 11 is 0. The van der Waals surface area contributed by atoms with Gasteiger partial charge in [0.2, 0.25) is 5.91 Å². The maximum Gasteiger partial charge on any atom is 0.239 e. The van der Waals surface area contributed by atoms with Crippen molar-refractivity contribution >= 4 is 11.9 Å². The molecular weight excluding hydrogens is 290 g/mol. The van der Waals surface area contributed by atoms with Crippen LogP contribution in [0, 0.1) is 11.6 Å². The van der Waals surface area contributed by atoms with Crippen LogP contribution in [-0.4, -0.2) is 31.0 Å². The van der Waals surface area contributed by atoms with Crippen molar-refractivity contribution < 1.29 is 13.6 Å². The van der Waals surface area contributed by atoms with Gasteiger partial charge in [0.1, 0.15) is 0 Å². The number of hydrogen-bond donors (Lipinski definition) is 3. The molecule has 0 aliphatic carbocycles. The molecule has 0 aliphatic rings. The molecule has 0 heterocycles. The molecule has 1 aromatic carbocycles. The number of hydrogen-bond acceptors (Lipinski definition) is 2. The molecule has 1 aromatic rings. The van der Waals surface area contributed by atoms with Gasteiger partial charge in [0.05, 0.1) is 6.54 Å². The monoisotopic (exact) mass is 312 g/mol. The summed E-state index contributed by atoms with van der Waals surface area (Å²) in [6.45, 7) is 6.00. The summed E-state index contributed by atoms with van der Waals surface area (Å²) in [4.78, 5) is 15.6. The Kier molecular flexibility index (Phi) is 6.27. The number of nitrogens with one attached hydrogen (secondary N) is 3. The highest BCUT2D eigenvalue weighted by atomic mass is 19.2. The van der Waals surface area contributed by atoms with Crippen LogP contribution >= 0.6 is 0 Å². The van der Waals surface area contributed by atoms with Crippen molar-refractivity contribution in [3.63, 3.8) is 0 Å². The maximum absolute atomic E-state index is 13.1. The van der Waals surface area contributed by atoms with E-state index in [9.17, 15) is 13.6 Å². The van der Waals surface area contributed by atoms with Gasteiger partial charge in [-0.1, -0.05) is 6.07 Å². The number of halogens is 2. The first-order valence-electron chi connectivity index (χ1n) is 6.91. The number of nitrogens with zero attached hydrogens (tertiary/aromatic N) is 1. The van der Waals surface area contributed by atoms with Gasteiger partial charge in [-0.15, -0.1) is 0 Å². The van der Waals surface area contributed by atoms with Crippen LogP contribution in [0.2, 0.25) is 0 Å². The largest absolute Gasteiger partial charge is 0.352 e. The number of guanidine groups is 1. The third-order valence-corrected chi connectivity index (χ3v) is 2.60. The van der Waals surface area contributed by atoms with Crippen molar-refractivity contribution in [2.24, 2.45) is 4.99 Å². The molecule has 5 nitrogen and oxygen atoms in total. The van der Waals surface area contributed by atoms with E-state index in [0.29, 0.717) is 11.5 Å². The zero-order chi connectivity index (χ0) is 16.8. The van der Waals surface area contributed by atoms with Gasteiger partial charge in [0.15, 0.2) is 17.6 Å². The quantitative estimate of drug-likeness (QED) is 0.584. The average molecular weight is 312 g/mol. The van der Waals surface area contributed by atoms with E-state index in [1.807, 2.05) is 20.8 Å². The lowest BCUT2D eigenvalue weighted by Crippen LogP contribution is -2.48. The highest BCUT2D eigenvalue weighted by Crippen LogP contribution is 2.08. The van der Waals surface area contributed by atoms with Gasteiger partial charge in [0.25, 0.3) is 0 Å². The second-order valence-corrected chi connectivity index (χ2v) is 5.83. The number of amides is 1. The summed E-state index contributed by atoms with van der Waals surface area (Å²) in [5.41, 5.74) is 0.266.